The number of nitrogens with zero attached hydrogens (tertiary/aromatic N) is 4. The predicted octanol–water partition coefficient (Wildman–Crippen LogP) is 26.5. The van der Waals surface area contributed by atoms with Crippen molar-refractivity contribution in [2.24, 2.45) is 0 Å². The van der Waals surface area contributed by atoms with Crippen LogP contribution in [-0.4, -0.2) is 9.13 Å². The van der Waals surface area contributed by atoms with Crippen LogP contribution < -0.4 is 9.80 Å². The minimum Gasteiger partial charge on any atom is -0.311 e. The van der Waals surface area contributed by atoms with E-state index in [2.05, 4.69) is 421 Å². The van der Waals surface area contributed by atoms with E-state index in [1.165, 1.54) is 127 Å². The van der Waals surface area contributed by atoms with Gasteiger partial charge in [-0.3, -0.25) is 0 Å². The second-order valence-corrected chi connectivity index (χ2v) is 28.3. The first kappa shape index (κ1) is 60.7. The standard InChI is InChI=1S/C100H70N4/c1-99(2)91-39-21-17-35-83(91)85-61-60-80(64-94(85)99)102(76-50-43-68(44-51-76)67-25-7-3-8-26-67)77-54-48-72(49-55-77)100(71-27-9-4-10-28-71)92-40-22-18-36-84(92)88-63-70(47-62-93(88)100)82-34-16-15-33-81(82)69-45-52-75(53-46-69)101(73-29-11-5-12-30-73)78-56-58-79(59-57-78)104-96-42-24-20-38-87(96)90-65-89-86-37-19-23-41-95(86)103(97(89)66-98(90)104)74-31-13-6-14-32-74/h3-66H,1-2H3. The molecular weight excluding hydrogens is 1260 g/mol. The van der Waals surface area contributed by atoms with E-state index in [-0.39, 0.29) is 5.41 Å². The van der Waals surface area contributed by atoms with Crippen LogP contribution in [0.15, 0.2) is 388 Å². The molecule has 0 radical (unpaired) electrons. The van der Waals surface area contributed by atoms with Gasteiger partial charge in [0.05, 0.1) is 27.5 Å². The Morgan fingerprint density at radius 1 is 0.212 bits per heavy atom. The van der Waals surface area contributed by atoms with Crippen LogP contribution in [0.1, 0.15) is 47.2 Å². The summed E-state index contributed by atoms with van der Waals surface area (Å²) in [7, 11) is 0. The summed E-state index contributed by atoms with van der Waals surface area (Å²) in [5.41, 5.74) is 32.6. The van der Waals surface area contributed by atoms with Crippen LogP contribution in [0.5, 0.6) is 0 Å². The quantitative estimate of drug-likeness (QED) is 0.114. The van der Waals surface area contributed by atoms with Crippen molar-refractivity contribution in [2.75, 3.05) is 9.80 Å². The lowest BCUT2D eigenvalue weighted by molar-refractivity contribution is 0.660. The van der Waals surface area contributed by atoms with Crippen LogP contribution >= 0.6 is 0 Å². The van der Waals surface area contributed by atoms with Gasteiger partial charge in [-0.2, -0.15) is 0 Å². The average Bonchev–Trinajstić information content (AvgIpc) is 1.57. The highest BCUT2D eigenvalue weighted by molar-refractivity contribution is 6.19. The fraction of sp³-hybridized carbons (Fsp3) is 0.0400. The third-order valence-corrected chi connectivity index (χ3v) is 22.4. The molecule has 4 heteroatoms. The molecule has 104 heavy (non-hydrogen) atoms. The number of anilines is 6. The molecule has 1 atom stereocenters. The van der Waals surface area contributed by atoms with Gasteiger partial charge in [0.2, 0.25) is 0 Å². The van der Waals surface area contributed by atoms with Gasteiger partial charge in [-0.05, 0) is 216 Å². The van der Waals surface area contributed by atoms with Crippen LogP contribution in [0.4, 0.5) is 34.1 Å². The zero-order valence-corrected chi connectivity index (χ0v) is 57.7. The number of hydrogen-bond donors (Lipinski definition) is 0. The fourth-order valence-corrected chi connectivity index (χ4v) is 17.6. The third-order valence-electron chi connectivity index (χ3n) is 22.4. The smallest absolute Gasteiger partial charge is 0.0713 e. The van der Waals surface area contributed by atoms with Gasteiger partial charge in [-0.15, -0.1) is 0 Å². The maximum Gasteiger partial charge on any atom is 0.0713 e. The van der Waals surface area contributed by atoms with Gasteiger partial charge in [0.1, 0.15) is 0 Å². The van der Waals surface area contributed by atoms with Gasteiger partial charge in [0.25, 0.3) is 0 Å². The van der Waals surface area contributed by atoms with Crippen molar-refractivity contribution >= 4 is 77.7 Å². The third kappa shape index (κ3) is 9.52. The van der Waals surface area contributed by atoms with Crippen LogP contribution in [0.3, 0.4) is 0 Å². The second-order valence-electron chi connectivity index (χ2n) is 28.3. The highest BCUT2D eigenvalue weighted by Gasteiger charge is 2.46. The Balaban J connectivity index is 0.654. The lowest BCUT2D eigenvalue weighted by atomic mass is 9.67. The average molecular weight is 1330 g/mol. The minimum absolute atomic E-state index is 0.155. The highest BCUT2D eigenvalue weighted by atomic mass is 15.1. The van der Waals surface area contributed by atoms with E-state index >= 15 is 0 Å². The molecule has 2 aromatic heterocycles. The van der Waals surface area contributed by atoms with E-state index in [1.54, 1.807) is 0 Å². The number of hydrogen-bond acceptors (Lipinski definition) is 2. The number of fused-ring (bicyclic) bond motifs is 12. The topological polar surface area (TPSA) is 16.3 Å². The Bertz CT molecular complexity index is 6330. The second kappa shape index (κ2) is 24.2. The number of aromatic nitrogens is 2. The molecule has 18 aromatic rings. The molecule has 2 aliphatic carbocycles. The molecular formula is C100H70N4. The van der Waals surface area contributed by atoms with Crippen molar-refractivity contribution in [1.29, 1.82) is 0 Å². The van der Waals surface area contributed by atoms with Gasteiger partial charge in [-0.25, -0.2) is 0 Å². The zero-order chi connectivity index (χ0) is 69.0. The molecule has 4 nitrogen and oxygen atoms in total. The molecule has 20 rings (SSSR count). The maximum absolute atomic E-state index is 2.46. The van der Waals surface area contributed by atoms with Crippen LogP contribution in [0, 0.1) is 0 Å². The number of para-hydroxylation sites is 4. The monoisotopic (exact) mass is 1330 g/mol. The summed E-state index contributed by atoms with van der Waals surface area (Å²) in [6.45, 7) is 4.74. The summed E-state index contributed by atoms with van der Waals surface area (Å²) in [5.74, 6) is 0. The summed E-state index contributed by atoms with van der Waals surface area (Å²) < 4.78 is 4.85. The van der Waals surface area contributed by atoms with E-state index in [0.29, 0.717) is 0 Å². The van der Waals surface area contributed by atoms with Crippen LogP contribution in [0.2, 0.25) is 0 Å². The maximum atomic E-state index is 2.46. The first-order valence-corrected chi connectivity index (χ1v) is 36.1. The Kier molecular flexibility index (Phi) is 14.1. The molecule has 0 aliphatic heterocycles. The van der Waals surface area contributed by atoms with Gasteiger partial charge < -0.3 is 18.9 Å². The zero-order valence-electron chi connectivity index (χ0n) is 57.7. The Labute approximate surface area is 606 Å². The summed E-state index contributed by atoms with van der Waals surface area (Å²) >= 11 is 0. The van der Waals surface area contributed by atoms with Gasteiger partial charge in [0, 0.05) is 72.5 Å². The van der Waals surface area contributed by atoms with E-state index < -0.39 is 5.41 Å². The molecule has 1 unspecified atom stereocenters. The van der Waals surface area contributed by atoms with E-state index in [1.807, 2.05) is 0 Å². The fourth-order valence-electron chi connectivity index (χ4n) is 17.6. The van der Waals surface area contributed by atoms with Crippen LogP contribution in [-0.2, 0) is 10.8 Å². The molecule has 0 spiro atoms. The van der Waals surface area contributed by atoms with E-state index in [9.17, 15) is 0 Å². The molecule has 2 aliphatic rings. The molecule has 0 N–H and O–H groups in total. The molecule has 0 fully saturated rings. The molecule has 16 aromatic carbocycles. The van der Waals surface area contributed by atoms with Crippen molar-refractivity contribution < 1.29 is 0 Å². The SMILES string of the molecule is CC1(C)c2ccccc2-c2ccc(N(c3ccc(-c4ccccc4)cc3)c3ccc(C4(c5ccccc5)c5ccccc5-c5cc(-c6ccccc6-c6ccc(N(c7ccccc7)c7ccc(-n8c9ccccc9c9cc%10c%11ccccc%11n(-c%11ccccc%11)c%10cc98)cc7)cc6)ccc54)cc3)cc21. The minimum atomic E-state index is -0.611. The predicted molar refractivity (Wildman–Crippen MR) is 436 cm³/mol. The lowest BCUT2D eigenvalue weighted by Gasteiger charge is -2.34. The van der Waals surface area contributed by atoms with E-state index in [0.717, 1.165) is 51.1 Å². The van der Waals surface area contributed by atoms with Crippen molar-refractivity contribution in [3.05, 3.63) is 422 Å². The van der Waals surface area contributed by atoms with E-state index in [4.69, 9.17) is 0 Å². The van der Waals surface area contributed by atoms with Crippen molar-refractivity contribution in [3.63, 3.8) is 0 Å². The number of benzene rings is 16. The van der Waals surface area contributed by atoms with Gasteiger partial charge in [0.15, 0.2) is 0 Å². The first-order chi connectivity index (χ1) is 51.3. The molecule has 0 amide bonds. The van der Waals surface area contributed by atoms with Gasteiger partial charge >= 0.3 is 0 Å². The summed E-state index contributed by atoms with van der Waals surface area (Å²) in [6.07, 6.45) is 0. The largest absolute Gasteiger partial charge is 0.311 e. The summed E-state index contributed by atoms with van der Waals surface area (Å²) in [6, 6.07) is 144. The van der Waals surface area contributed by atoms with Crippen molar-refractivity contribution in [1.82, 2.24) is 9.13 Å². The molecule has 0 bridgehead atoms. The molecule has 2 heterocycles. The Morgan fingerprint density at radius 3 is 1.22 bits per heavy atom. The molecule has 490 valence electrons. The summed E-state index contributed by atoms with van der Waals surface area (Å²) in [5, 5.41) is 4.96. The summed E-state index contributed by atoms with van der Waals surface area (Å²) in [4.78, 5) is 4.81. The lowest BCUT2D eigenvalue weighted by Crippen LogP contribution is -2.28. The molecule has 0 saturated carbocycles. The van der Waals surface area contributed by atoms with Crippen molar-refractivity contribution in [3.8, 4) is 67.0 Å². The first-order valence-electron chi connectivity index (χ1n) is 36.1. The van der Waals surface area contributed by atoms with Crippen LogP contribution in [0.25, 0.3) is 111 Å². The van der Waals surface area contributed by atoms with Gasteiger partial charge in [-0.1, -0.05) is 275 Å². The van der Waals surface area contributed by atoms with Crippen molar-refractivity contribution in [2.45, 2.75) is 24.7 Å². The Morgan fingerprint density at radius 2 is 0.606 bits per heavy atom. The normalized spacial score (nSPS) is 14.0. The molecule has 0 saturated heterocycles. The Hall–Kier alpha value is -13.3. The highest BCUT2D eigenvalue weighted by Crippen LogP contribution is 2.58. The number of rotatable bonds is 13.